The molecule has 4 rings (SSSR count). The van der Waals surface area contributed by atoms with Gasteiger partial charge in [-0.3, -0.25) is 9.48 Å². The van der Waals surface area contributed by atoms with E-state index in [1.165, 1.54) is 6.08 Å². The Labute approximate surface area is 173 Å². The van der Waals surface area contributed by atoms with Crippen LogP contribution in [0.1, 0.15) is 16.8 Å². The van der Waals surface area contributed by atoms with E-state index in [-0.39, 0.29) is 12.7 Å². The Kier molecular flexibility index (Phi) is 5.27. The van der Waals surface area contributed by atoms with Gasteiger partial charge in [-0.2, -0.15) is 5.10 Å². The number of fused-ring (bicyclic) bond motifs is 1. The molecule has 0 N–H and O–H groups in total. The first-order chi connectivity index (χ1) is 14.0. The number of hydrogen-bond acceptors (Lipinski definition) is 4. The maximum atomic E-state index is 13.1. The molecule has 1 aliphatic rings. The van der Waals surface area contributed by atoms with Crippen molar-refractivity contribution in [2.45, 2.75) is 13.5 Å². The van der Waals surface area contributed by atoms with Crippen molar-refractivity contribution in [2.75, 3.05) is 11.7 Å². The molecule has 2 aromatic carbocycles. The van der Waals surface area contributed by atoms with Crippen LogP contribution in [-0.4, -0.2) is 22.5 Å². The summed E-state index contributed by atoms with van der Waals surface area (Å²) in [7, 11) is 1.77. The predicted molar refractivity (Wildman–Crippen MR) is 112 cm³/mol. The van der Waals surface area contributed by atoms with Gasteiger partial charge in [0.1, 0.15) is 5.15 Å². The van der Waals surface area contributed by atoms with Gasteiger partial charge in [-0.05, 0) is 42.8 Å². The quantitative estimate of drug-likeness (QED) is 0.587. The van der Waals surface area contributed by atoms with Crippen LogP contribution >= 0.6 is 11.6 Å². The number of carbonyl (C=O) groups is 1. The zero-order chi connectivity index (χ0) is 20.4. The molecule has 29 heavy (non-hydrogen) atoms. The fourth-order valence-electron chi connectivity index (χ4n) is 3.21. The maximum absolute atomic E-state index is 13.1. The second-order valence-corrected chi connectivity index (χ2v) is 7.05. The van der Waals surface area contributed by atoms with Gasteiger partial charge >= 0.3 is 0 Å². The average molecular weight is 410 g/mol. The van der Waals surface area contributed by atoms with Crippen LogP contribution in [0.4, 0.5) is 5.69 Å². The fraction of sp³-hybridized carbons (Fsp3) is 0.182. The monoisotopic (exact) mass is 409 g/mol. The van der Waals surface area contributed by atoms with E-state index in [0.29, 0.717) is 23.2 Å². The summed E-state index contributed by atoms with van der Waals surface area (Å²) in [5.41, 5.74) is 3.24. The molecule has 0 spiro atoms. The number of carbonyl (C=O) groups excluding carboxylic acids is 1. The molecule has 7 heteroatoms. The number of benzene rings is 2. The lowest BCUT2D eigenvalue weighted by Gasteiger charge is -2.21. The van der Waals surface area contributed by atoms with E-state index in [0.717, 1.165) is 22.5 Å². The van der Waals surface area contributed by atoms with E-state index in [2.05, 4.69) is 5.10 Å². The number of rotatable bonds is 5. The standard InChI is InChI=1S/C22H20ClN3O3/c1-15-18(22(23)25(2)24-15)9-11-21(27)26(17-6-4-3-5-7-17)13-16-8-10-19-20(12-16)29-14-28-19/h3-12H,13-14H2,1-2H3/b11-9+. The van der Waals surface area contributed by atoms with Crippen molar-refractivity contribution in [1.29, 1.82) is 0 Å². The highest BCUT2D eigenvalue weighted by molar-refractivity contribution is 6.31. The van der Waals surface area contributed by atoms with Crippen LogP contribution in [-0.2, 0) is 18.4 Å². The molecule has 0 aliphatic carbocycles. The molecular formula is C22H20ClN3O3. The second kappa shape index (κ2) is 8.01. The normalized spacial score (nSPS) is 12.5. The molecule has 0 fully saturated rings. The van der Waals surface area contributed by atoms with Gasteiger partial charge in [0.15, 0.2) is 11.5 Å². The first-order valence-electron chi connectivity index (χ1n) is 9.15. The topological polar surface area (TPSA) is 56.6 Å². The Morgan fingerprint density at radius 2 is 1.97 bits per heavy atom. The summed E-state index contributed by atoms with van der Waals surface area (Å²) in [4.78, 5) is 14.8. The first kappa shape index (κ1) is 19.1. The third-order valence-electron chi connectivity index (χ3n) is 4.70. The zero-order valence-electron chi connectivity index (χ0n) is 16.1. The molecule has 0 radical (unpaired) electrons. The summed E-state index contributed by atoms with van der Waals surface area (Å²) in [6, 6.07) is 15.2. The minimum atomic E-state index is -0.159. The van der Waals surface area contributed by atoms with Crippen molar-refractivity contribution in [1.82, 2.24) is 9.78 Å². The molecule has 0 saturated heterocycles. The number of halogens is 1. The molecule has 1 amide bonds. The molecule has 0 unspecified atom stereocenters. The van der Waals surface area contributed by atoms with Crippen LogP contribution in [0.25, 0.3) is 6.08 Å². The summed E-state index contributed by atoms with van der Waals surface area (Å²) < 4.78 is 12.4. The Bertz CT molecular complexity index is 1080. The highest BCUT2D eigenvalue weighted by atomic mass is 35.5. The minimum absolute atomic E-state index is 0.159. The molecule has 0 bridgehead atoms. The third kappa shape index (κ3) is 3.98. The van der Waals surface area contributed by atoms with Gasteiger partial charge in [-0.15, -0.1) is 0 Å². The number of aromatic nitrogens is 2. The molecule has 6 nitrogen and oxygen atoms in total. The molecule has 148 valence electrons. The average Bonchev–Trinajstić information content (AvgIpc) is 3.29. The highest BCUT2D eigenvalue weighted by Gasteiger charge is 2.18. The van der Waals surface area contributed by atoms with Crippen LogP contribution in [0.5, 0.6) is 11.5 Å². The lowest BCUT2D eigenvalue weighted by Crippen LogP contribution is -2.28. The summed E-state index contributed by atoms with van der Waals surface area (Å²) in [6.07, 6.45) is 3.23. The summed E-state index contributed by atoms with van der Waals surface area (Å²) in [5.74, 6) is 1.25. The van der Waals surface area contributed by atoms with Crippen molar-refractivity contribution >= 4 is 29.3 Å². The molecule has 0 saturated carbocycles. The third-order valence-corrected chi connectivity index (χ3v) is 5.15. The highest BCUT2D eigenvalue weighted by Crippen LogP contribution is 2.33. The van der Waals surface area contributed by atoms with Crippen molar-refractivity contribution in [2.24, 2.45) is 7.05 Å². The molecule has 1 aliphatic heterocycles. The SMILES string of the molecule is Cc1nn(C)c(Cl)c1/C=C/C(=O)N(Cc1ccc2c(c1)OCO2)c1ccccc1. The minimum Gasteiger partial charge on any atom is -0.454 e. The number of aryl methyl sites for hydroxylation is 2. The van der Waals surface area contributed by atoms with Gasteiger partial charge in [0, 0.05) is 24.4 Å². The van der Waals surface area contributed by atoms with Gasteiger partial charge in [0.2, 0.25) is 6.79 Å². The molecule has 1 aromatic heterocycles. The van der Waals surface area contributed by atoms with Crippen molar-refractivity contribution in [3.8, 4) is 11.5 Å². The van der Waals surface area contributed by atoms with E-state index in [1.54, 1.807) is 22.7 Å². The van der Waals surface area contributed by atoms with Crippen molar-refractivity contribution in [3.05, 3.63) is 76.6 Å². The van der Waals surface area contributed by atoms with E-state index in [4.69, 9.17) is 21.1 Å². The summed E-state index contributed by atoms with van der Waals surface area (Å²) in [6.45, 7) is 2.47. The lowest BCUT2D eigenvalue weighted by molar-refractivity contribution is -0.114. The Balaban J connectivity index is 1.62. The van der Waals surface area contributed by atoms with E-state index in [9.17, 15) is 4.79 Å². The predicted octanol–water partition coefficient (Wildman–Crippen LogP) is 4.36. The maximum Gasteiger partial charge on any atom is 0.251 e. The molecule has 3 aromatic rings. The zero-order valence-corrected chi connectivity index (χ0v) is 16.9. The van der Waals surface area contributed by atoms with Crippen molar-refractivity contribution in [3.63, 3.8) is 0 Å². The Hall–Kier alpha value is -3.25. The van der Waals surface area contributed by atoms with E-state index < -0.39 is 0 Å². The number of nitrogens with zero attached hydrogens (tertiary/aromatic N) is 3. The number of anilines is 1. The number of ether oxygens (including phenoxy) is 2. The van der Waals surface area contributed by atoms with Gasteiger partial charge in [-0.1, -0.05) is 35.9 Å². The Morgan fingerprint density at radius 3 is 2.69 bits per heavy atom. The van der Waals surface area contributed by atoms with Gasteiger partial charge < -0.3 is 14.4 Å². The second-order valence-electron chi connectivity index (χ2n) is 6.69. The molecule has 2 heterocycles. The first-order valence-corrected chi connectivity index (χ1v) is 9.53. The van der Waals surface area contributed by atoms with Gasteiger partial charge in [0.05, 0.1) is 12.2 Å². The van der Waals surface area contributed by atoms with Crippen LogP contribution in [0.2, 0.25) is 5.15 Å². The van der Waals surface area contributed by atoms with Crippen LogP contribution in [0.15, 0.2) is 54.6 Å². The largest absolute Gasteiger partial charge is 0.454 e. The van der Waals surface area contributed by atoms with Crippen molar-refractivity contribution < 1.29 is 14.3 Å². The van der Waals surface area contributed by atoms with E-state index >= 15 is 0 Å². The smallest absolute Gasteiger partial charge is 0.251 e. The van der Waals surface area contributed by atoms with Crippen LogP contribution < -0.4 is 14.4 Å². The van der Waals surface area contributed by atoms with Gasteiger partial charge in [-0.25, -0.2) is 0 Å². The number of para-hydroxylation sites is 1. The summed E-state index contributed by atoms with van der Waals surface area (Å²) in [5, 5.41) is 4.77. The van der Waals surface area contributed by atoms with Crippen LogP contribution in [0.3, 0.4) is 0 Å². The van der Waals surface area contributed by atoms with Gasteiger partial charge in [0.25, 0.3) is 5.91 Å². The van der Waals surface area contributed by atoms with E-state index in [1.807, 2.05) is 55.5 Å². The number of amides is 1. The Morgan fingerprint density at radius 1 is 1.21 bits per heavy atom. The summed E-state index contributed by atoms with van der Waals surface area (Å²) >= 11 is 6.28. The fourth-order valence-corrected chi connectivity index (χ4v) is 3.44. The lowest BCUT2D eigenvalue weighted by atomic mass is 10.1. The number of hydrogen-bond donors (Lipinski definition) is 0. The molecular weight excluding hydrogens is 390 g/mol. The van der Waals surface area contributed by atoms with Crippen LogP contribution in [0, 0.1) is 6.92 Å². The molecule has 0 atom stereocenters.